The molecule has 3 nitrogen and oxygen atoms in total. The number of hydrogen-bond acceptors (Lipinski definition) is 4. The van der Waals surface area contributed by atoms with Gasteiger partial charge in [0.25, 0.3) is 0 Å². The molecule has 0 saturated carbocycles. The third-order valence-corrected chi connectivity index (χ3v) is 4.48. The average molecular weight is 336 g/mol. The summed E-state index contributed by atoms with van der Waals surface area (Å²) in [4.78, 5) is 24.3. The molecule has 0 atom stereocenters. The Morgan fingerprint density at radius 1 is 0.833 bits per heavy atom. The van der Waals surface area contributed by atoms with E-state index in [0.29, 0.717) is 4.88 Å². The maximum atomic E-state index is 11.9. The molecule has 0 radical (unpaired) electrons. The summed E-state index contributed by atoms with van der Waals surface area (Å²) in [7, 11) is 0. The van der Waals surface area contributed by atoms with Crippen molar-refractivity contribution >= 4 is 23.1 Å². The van der Waals surface area contributed by atoms with Crippen LogP contribution in [0.4, 0.5) is 0 Å². The van der Waals surface area contributed by atoms with Gasteiger partial charge in [-0.1, -0.05) is 60.7 Å². The number of thiophene rings is 1. The van der Waals surface area contributed by atoms with Gasteiger partial charge < -0.3 is 4.74 Å². The Hall–Kier alpha value is -2.72. The minimum atomic E-state index is -0.396. The van der Waals surface area contributed by atoms with Crippen LogP contribution in [0.2, 0.25) is 0 Å². The van der Waals surface area contributed by atoms with E-state index in [1.54, 1.807) is 12.1 Å². The van der Waals surface area contributed by atoms with E-state index < -0.39 is 5.97 Å². The minimum Gasteiger partial charge on any atom is -0.457 e. The number of rotatable bonds is 6. The Balaban J connectivity index is 1.54. The van der Waals surface area contributed by atoms with Crippen molar-refractivity contribution in [3.05, 3.63) is 82.6 Å². The molecule has 0 bridgehead atoms. The molecular formula is C20H16O3S. The van der Waals surface area contributed by atoms with Gasteiger partial charge in [-0.2, -0.15) is 0 Å². The summed E-state index contributed by atoms with van der Waals surface area (Å²) < 4.78 is 5.06. The van der Waals surface area contributed by atoms with Gasteiger partial charge in [0.2, 0.25) is 5.78 Å². The van der Waals surface area contributed by atoms with E-state index in [9.17, 15) is 9.59 Å². The van der Waals surface area contributed by atoms with Crippen molar-refractivity contribution in [2.24, 2.45) is 0 Å². The fourth-order valence-corrected chi connectivity index (χ4v) is 2.97. The Morgan fingerprint density at radius 3 is 2.21 bits per heavy atom. The lowest BCUT2D eigenvalue weighted by Crippen LogP contribution is -2.14. The SMILES string of the molecule is O=C(Cc1ccc(-c2ccccc2)cc1)OCC(=O)c1cccs1. The molecule has 0 N–H and O–H groups in total. The lowest BCUT2D eigenvalue weighted by Gasteiger charge is -2.05. The van der Waals surface area contributed by atoms with Gasteiger partial charge in [-0.05, 0) is 28.1 Å². The number of carbonyl (C=O) groups excluding carboxylic acids is 2. The maximum absolute atomic E-state index is 11.9. The van der Waals surface area contributed by atoms with E-state index in [1.807, 2.05) is 60.0 Å². The van der Waals surface area contributed by atoms with Gasteiger partial charge in [0.15, 0.2) is 6.61 Å². The van der Waals surface area contributed by atoms with Crippen LogP contribution in [0.5, 0.6) is 0 Å². The topological polar surface area (TPSA) is 43.4 Å². The zero-order chi connectivity index (χ0) is 16.8. The van der Waals surface area contributed by atoms with Crippen molar-refractivity contribution in [1.29, 1.82) is 0 Å². The van der Waals surface area contributed by atoms with Gasteiger partial charge in [0.05, 0.1) is 11.3 Å². The van der Waals surface area contributed by atoms with E-state index in [-0.39, 0.29) is 18.8 Å². The quantitative estimate of drug-likeness (QED) is 0.495. The molecule has 0 fully saturated rings. The number of esters is 1. The lowest BCUT2D eigenvalue weighted by molar-refractivity contribution is -0.141. The zero-order valence-corrected chi connectivity index (χ0v) is 13.8. The Labute approximate surface area is 144 Å². The van der Waals surface area contributed by atoms with Gasteiger partial charge in [-0.15, -0.1) is 11.3 Å². The summed E-state index contributed by atoms with van der Waals surface area (Å²) in [5.41, 5.74) is 3.09. The highest BCUT2D eigenvalue weighted by atomic mass is 32.1. The first-order valence-electron chi connectivity index (χ1n) is 7.59. The normalized spacial score (nSPS) is 10.3. The van der Waals surface area contributed by atoms with Gasteiger partial charge in [0.1, 0.15) is 0 Å². The van der Waals surface area contributed by atoms with Crippen LogP contribution in [0.3, 0.4) is 0 Å². The molecular weight excluding hydrogens is 320 g/mol. The molecule has 3 rings (SSSR count). The Bertz CT molecular complexity index is 806. The molecule has 1 heterocycles. The first kappa shape index (κ1) is 16.1. The van der Waals surface area contributed by atoms with E-state index in [2.05, 4.69) is 0 Å². The molecule has 0 spiro atoms. The predicted molar refractivity (Wildman–Crippen MR) is 95.2 cm³/mol. The highest BCUT2D eigenvalue weighted by Crippen LogP contribution is 2.19. The highest BCUT2D eigenvalue weighted by Gasteiger charge is 2.11. The zero-order valence-electron chi connectivity index (χ0n) is 13.0. The van der Waals surface area contributed by atoms with Gasteiger partial charge in [-0.3, -0.25) is 9.59 Å². The van der Waals surface area contributed by atoms with Crippen molar-refractivity contribution in [3.63, 3.8) is 0 Å². The molecule has 0 aliphatic carbocycles. The largest absolute Gasteiger partial charge is 0.457 e. The number of benzene rings is 2. The molecule has 120 valence electrons. The van der Waals surface area contributed by atoms with Crippen molar-refractivity contribution in [3.8, 4) is 11.1 Å². The number of ether oxygens (including phenoxy) is 1. The lowest BCUT2D eigenvalue weighted by atomic mass is 10.0. The number of ketones is 1. The third kappa shape index (κ3) is 4.18. The van der Waals surface area contributed by atoms with Crippen LogP contribution in [0.25, 0.3) is 11.1 Å². The van der Waals surface area contributed by atoms with Gasteiger partial charge >= 0.3 is 5.97 Å². The summed E-state index contributed by atoms with van der Waals surface area (Å²) in [6.07, 6.45) is 0.160. The van der Waals surface area contributed by atoms with Crippen molar-refractivity contribution in [2.45, 2.75) is 6.42 Å². The first-order chi connectivity index (χ1) is 11.7. The second kappa shape index (κ2) is 7.70. The van der Waals surface area contributed by atoms with Crippen molar-refractivity contribution in [1.82, 2.24) is 0 Å². The van der Waals surface area contributed by atoms with E-state index in [0.717, 1.165) is 16.7 Å². The van der Waals surface area contributed by atoms with Crippen LogP contribution in [-0.4, -0.2) is 18.4 Å². The minimum absolute atomic E-state index is 0.160. The first-order valence-corrected chi connectivity index (χ1v) is 8.47. The Kier molecular flexibility index (Phi) is 5.18. The maximum Gasteiger partial charge on any atom is 0.310 e. The second-order valence-corrected chi connectivity index (χ2v) is 6.25. The van der Waals surface area contributed by atoms with Gasteiger partial charge in [-0.25, -0.2) is 0 Å². The fourth-order valence-electron chi connectivity index (χ4n) is 2.32. The standard InChI is InChI=1S/C20H16O3S/c21-18(19-7-4-12-24-19)14-23-20(22)13-15-8-10-17(11-9-15)16-5-2-1-3-6-16/h1-12H,13-14H2. The number of Topliss-reactive ketones (excluding diaryl/α,β-unsaturated/α-hetero) is 1. The summed E-state index contributed by atoms with van der Waals surface area (Å²) in [5.74, 6) is -0.565. The molecule has 0 aliphatic rings. The smallest absolute Gasteiger partial charge is 0.310 e. The Morgan fingerprint density at radius 2 is 1.54 bits per heavy atom. The van der Waals surface area contributed by atoms with E-state index in [1.165, 1.54) is 11.3 Å². The summed E-state index contributed by atoms with van der Waals surface area (Å²) in [6, 6.07) is 21.3. The fraction of sp³-hybridized carbons (Fsp3) is 0.100. The molecule has 0 amide bonds. The highest BCUT2D eigenvalue weighted by molar-refractivity contribution is 7.12. The molecule has 0 aliphatic heterocycles. The summed E-state index contributed by atoms with van der Waals surface area (Å²) >= 11 is 1.35. The number of carbonyl (C=O) groups is 2. The van der Waals surface area contributed by atoms with Crippen LogP contribution in [0, 0.1) is 0 Å². The molecule has 0 unspecified atom stereocenters. The molecule has 24 heavy (non-hydrogen) atoms. The van der Waals surface area contributed by atoms with E-state index >= 15 is 0 Å². The monoisotopic (exact) mass is 336 g/mol. The molecule has 3 aromatic rings. The number of hydrogen-bond donors (Lipinski definition) is 0. The summed E-state index contributed by atoms with van der Waals surface area (Å²) in [5, 5.41) is 1.82. The third-order valence-electron chi connectivity index (χ3n) is 3.57. The average Bonchev–Trinajstić information content (AvgIpc) is 3.16. The molecule has 0 saturated heterocycles. The summed E-state index contributed by atoms with van der Waals surface area (Å²) in [6.45, 7) is -0.207. The molecule has 2 aromatic carbocycles. The van der Waals surface area contributed by atoms with Crippen molar-refractivity contribution < 1.29 is 14.3 Å². The molecule has 1 aromatic heterocycles. The molecule has 4 heteroatoms. The van der Waals surface area contributed by atoms with E-state index in [4.69, 9.17) is 4.74 Å². The van der Waals surface area contributed by atoms with Crippen LogP contribution in [0.15, 0.2) is 72.1 Å². The van der Waals surface area contributed by atoms with Crippen LogP contribution >= 0.6 is 11.3 Å². The second-order valence-electron chi connectivity index (χ2n) is 5.30. The van der Waals surface area contributed by atoms with Crippen molar-refractivity contribution in [2.75, 3.05) is 6.61 Å². The van der Waals surface area contributed by atoms with Crippen LogP contribution in [0.1, 0.15) is 15.2 Å². The van der Waals surface area contributed by atoms with Crippen LogP contribution in [-0.2, 0) is 16.0 Å². The van der Waals surface area contributed by atoms with Gasteiger partial charge in [0, 0.05) is 0 Å². The van der Waals surface area contributed by atoms with Crippen LogP contribution < -0.4 is 0 Å². The predicted octanol–water partition coefficient (Wildman–Crippen LogP) is 4.38.